The number of pyridine rings is 1. The van der Waals surface area contributed by atoms with Gasteiger partial charge in [-0.25, -0.2) is 4.39 Å². The first kappa shape index (κ1) is 14.4. The van der Waals surface area contributed by atoms with Crippen LogP contribution in [0.4, 0.5) is 4.39 Å². The third kappa shape index (κ3) is 3.31. The molecule has 2 N–H and O–H groups in total. The van der Waals surface area contributed by atoms with Gasteiger partial charge in [0, 0.05) is 24.8 Å². The molecular weight excluding hydrogens is 241 g/mol. The SMILES string of the molecule is CC1CCCC(CN)(N(C)Cc2cncc(F)c2)C1. The van der Waals surface area contributed by atoms with Gasteiger partial charge < -0.3 is 5.73 Å². The van der Waals surface area contributed by atoms with E-state index >= 15 is 0 Å². The number of nitrogens with two attached hydrogens (primary N) is 1. The predicted octanol–water partition coefficient (Wildman–Crippen LogP) is 2.56. The Balaban J connectivity index is 2.10. The average Bonchev–Trinajstić information content (AvgIpc) is 2.38. The Hall–Kier alpha value is -1.00. The molecular formula is C15H24FN3. The molecule has 0 bridgehead atoms. The van der Waals surface area contributed by atoms with Crippen LogP contribution in [0.25, 0.3) is 0 Å². The molecule has 4 heteroatoms. The summed E-state index contributed by atoms with van der Waals surface area (Å²) >= 11 is 0. The Bertz CT molecular complexity index is 424. The van der Waals surface area contributed by atoms with Crippen molar-refractivity contribution in [1.82, 2.24) is 9.88 Å². The van der Waals surface area contributed by atoms with E-state index in [0.717, 1.165) is 18.4 Å². The number of hydrogen-bond donors (Lipinski definition) is 1. The number of aromatic nitrogens is 1. The van der Waals surface area contributed by atoms with Crippen molar-refractivity contribution in [3.8, 4) is 0 Å². The standard InChI is InChI=1S/C15H24FN3/c1-12-4-3-5-15(7-12,11-17)19(2)10-13-6-14(16)9-18-8-13/h6,8-9,12H,3-5,7,10-11,17H2,1-2H3. The molecule has 0 spiro atoms. The summed E-state index contributed by atoms with van der Waals surface area (Å²) in [5, 5.41) is 0. The molecule has 0 amide bonds. The molecule has 2 unspecified atom stereocenters. The minimum atomic E-state index is -0.273. The second kappa shape index (κ2) is 5.97. The van der Waals surface area contributed by atoms with Crippen LogP contribution >= 0.6 is 0 Å². The van der Waals surface area contributed by atoms with Crippen molar-refractivity contribution in [1.29, 1.82) is 0 Å². The molecule has 1 heterocycles. The van der Waals surface area contributed by atoms with E-state index in [4.69, 9.17) is 5.73 Å². The lowest BCUT2D eigenvalue weighted by atomic mass is 9.75. The van der Waals surface area contributed by atoms with Crippen LogP contribution in [-0.4, -0.2) is 29.0 Å². The molecule has 1 fully saturated rings. The average molecular weight is 265 g/mol. The van der Waals surface area contributed by atoms with Crippen LogP contribution in [-0.2, 0) is 6.54 Å². The van der Waals surface area contributed by atoms with Crippen LogP contribution in [0.3, 0.4) is 0 Å². The van der Waals surface area contributed by atoms with E-state index in [0.29, 0.717) is 19.0 Å². The van der Waals surface area contributed by atoms with Gasteiger partial charge in [-0.05, 0) is 37.4 Å². The van der Waals surface area contributed by atoms with Gasteiger partial charge in [0.15, 0.2) is 0 Å². The number of likely N-dealkylation sites (N-methyl/N-ethyl adjacent to an activating group) is 1. The van der Waals surface area contributed by atoms with Crippen molar-refractivity contribution in [2.75, 3.05) is 13.6 Å². The van der Waals surface area contributed by atoms with Gasteiger partial charge in [0.05, 0.1) is 6.20 Å². The van der Waals surface area contributed by atoms with Crippen molar-refractivity contribution in [3.63, 3.8) is 0 Å². The highest BCUT2D eigenvalue weighted by molar-refractivity contribution is 5.11. The molecule has 2 rings (SSSR count). The Morgan fingerprint density at radius 1 is 1.53 bits per heavy atom. The Morgan fingerprint density at radius 3 is 2.95 bits per heavy atom. The molecule has 1 aromatic heterocycles. The summed E-state index contributed by atoms with van der Waals surface area (Å²) < 4.78 is 13.2. The Kier molecular flexibility index (Phi) is 4.53. The molecule has 2 atom stereocenters. The highest BCUT2D eigenvalue weighted by Crippen LogP contribution is 2.36. The summed E-state index contributed by atoms with van der Waals surface area (Å²) in [4.78, 5) is 6.20. The zero-order valence-electron chi connectivity index (χ0n) is 11.9. The van der Waals surface area contributed by atoms with Crippen LogP contribution in [0.5, 0.6) is 0 Å². The summed E-state index contributed by atoms with van der Waals surface area (Å²) in [5.41, 5.74) is 7.02. The fourth-order valence-corrected chi connectivity index (χ4v) is 3.30. The minimum absolute atomic E-state index is 0.0595. The summed E-state index contributed by atoms with van der Waals surface area (Å²) in [6, 6.07) is 1.56. The van der Waals surface area contributed by atoms with E-state index in [2.05, 4.69) is 23.9 Å². The zero-order chi connectivity index (χ0) is 13.9. The zero-order valence-corrected chi connectivity index (χ0v) is 11.9. The van der Waals surface area contributed by atoms with E-state index in [9.17, 15) is 4.39 Å². The monoisotopic (exact) mass is 265 g/mol. The fraction of sp³-hybridized carbons (Fsp3) is 0.667. The van der Waals surface area contributed by atoms with Gasteiger partial charge in [-0.2, -0.15) is 0 Å². The van der Waals surface area contributed by atoms with E-state index in [1.807, 2.05) is 0 Å². The topological polar surface area (TPSA) is 42.1 Å². The lowest BCUT2D eigenvalue weighted by molar-refractivity contribution is 0.0553. The van der Waals surface area contributed by atoms with Crippen molar-refractivity contribution in [3.05, 3.63) is 29.8 Å². The number of rotatable bonds is 4. The highest BCUT2D eigenvalue weighted by Gasteiger charge is 2.37. The highest BCUT2D eigenvalue weighted by atomic mass is 19.1. The van der Waals surface area contributed by atoms with E-state index in [1.165, 1.54) is 19.0 Å². The van der Waals surface area contributed by atoms with Gasteiger partial charge in [0.25, 0.3) is 0 Å². The molecule has 1 saturated carbocycles. The second-order valence-corrected chi connectivity index (χ2v) is 6.00. The smallest absolute Gasteiger partial charge is 0.141 e. The van der Waals surface area contributed by atoms with Crippen LogP contribution in [0.1, 0.15) is 38.2 Å². The van der Waals surface area contributed by atoms with Crippen molar-refractivity contribution in [2.24, 2.45) is 11.7 Å². The van der Waals surface area contributed by atoms with Gasteiger partial charge in [0.2, 0.25) is 0 Å². The summed E-state index contributed by atoms with van der Waals surface area (Å²) in [6.07, 6.45) is 7.75. The predicted molar refractivity (Wildman–Crippen MR) is 75.1 cm³/mol. The maximum atomic E-state index is 13.2. The van der Waals surface area contributed by atoms with Crippen LogP contribution in [0.2, 0.25) is 0 Å². The van der Waals surface area contributed by atoms with Gasteiger partial charge in [-0.15, -0.1) is 0 Å². The molecule has 106 valence electrons. The van der Waals surface area contributed by atoms with Crippen molar-refractivity contribution in [2.45, 2.75) is 44.7 Å². The van der Waals surface area contributed by atoms with Crippen LogP contribution in [0.15, 0.2) is 18.5 Å². The van der Waals surface area contributed by atoms with Crippen molar-refractivity contribution >= 4 is 0 Å². The van der Waals surface area contributed by atoms with Gasteiger partial charge >= 0.3 is 0 Å². The minimum Gasteiger partial charge on any atom is -0.329 e. The maximum Gasteiger partial charge on any atom is 0.141 e. The molecule has 1 aliphatic carbocycles. The van der Waals surface area contributed by atoms with Crippen LogP contribution < -0.4 is 5.73 Å². The van der Waals surface area contributed by atoms with E-state index in [1.54, 1.807) is 12.3 Å². The van der Waals surface area contributed by atoms with Crippen LogP contribution in [0, 0.1) is 11.7 Å². The normalized spacial score (nSPS) is 27.7. The quantitative estimate of drug-likeness (QED) is 0.909. The largest absolute Gasteiger partial charge is 0.329 e. The molecule has 0 aliphatic heterocycles. The second-order valence-electron chi connectivity index (χ2n) is 6.00. The lowest BCUT2D eigenvalue weighted by Gasteiger charge is -2.46. The summed E-state index contributed by atoms with van der Waals surface area (Å²) in [5.74, 6) is 0.440. The molecule has 0 aromatic carbocycles. The van der Waals surface area contributed by atoms with E-state index in [-0.39, 0.29) is 11.4 Å². The number of halogens is 1. The fourth-order valence-electron chi connectivity index (χ4n) is 3.30. The van der Waals surface area contributed by atoms with Gasteiger partial charge in [0.1, 0.15) is 5.82 Å². The van der Waals surface area contributed by atoms with E-state index < -0.39 is 0 Å². The third-order valence-corrected chi connectivity index (χ3v) is 4.44. The lowest BCUT2D eigenvalue weighted by Crippen LogP contribution is -2.54. The molecule has 0 radical (unpaired) electrons. The number of hydrogen-bond acceptors (Lipinski definition) is 3. The molecule has 3 nitrogen and oxygen atoms in total. The Labute approximate surface area is 115 Å². The summed E-state index contributed by atoms with van der Waals surface area (Å²) in [6.45, 7) is 3.66. The van der Waals surface area contributed by atoms with Crippen molar-refractivity contribution < 1.29 is 4.39 Å². The number of nitrogens with zero attached hydrogens (tertiary/aromatic N) is 2. The summed E-state index contributed by atoms with van der Waals surface area (Å²) in [7, 11) is 2.09. The third-order valence-electron chi connectivity index (χ3n) is 4.44. The molecule has 1 aliphatic rings. The Morgan fingerprint density at radius 2 is 2.32 bits per heavy atom. The molecule has 19 heavy (non-hydrogen) atoms. The first-order chi connectivity index (χ1) is 9.05. The molecule has 1 aromatic rings. The van der Waals surface area contributed by atoms with Gasteiger partial charge in [-0.3, -0.25) is 9.88 Å². The molecule has 0 saturated heterocycles. The first-order valence-corrected chi connectivity index (χ1v) is 7.06. The first-order valence-electron chi connectivity index (χ1n) is 7.06. The maximum absolute atomic E-state index is 13.2. The van der Waals surface area contributed by atoms with Gasteiger partial charge in [-0.1, -0.05) is 19.8 Å².